The molecule has 124 valence electrons. The third-order valence-electron chi connectivity index (χ3n) is 3.32. The van der Waals surface area contributed by atoms with Crippen molar-refractivity contribution in [3.05, 3.63) is 60.2 Å². The van der Waals surface area contributed by atoms with E-state index in [0.717, 1.165) is 11.1 Å². The van der Waals surface area contributed by atoms with Gasteiger partial charge in [0, 0.05) is 19.8 Å². The first kappa shape index (κ1) is 19.0. The van der Waals surface area contributed by atoms with Crippen molar-refractivity contribution in [2.75, 3.05) is 14.2 Å². The number of aliphatic hydroxyl groups excluding tert-OH is 1. The highest BCUT2D eigenvalue weighted by Crippen LogP contribution is 2.19. The van der Waals surface area contributed by atoms with Crippen LogP contribution in [0.1, 0.15) is 24.2 Å². The van der Waals surface area contributed by atoms with Gasteiger partial charge >= 0.3 is 0 Å². The van der Waals surface area contributed by atoms with E-state index in [2.05, 4.69) is 9.47 Å². The van der Waals surface area contributed by atoms with E-state index in [-0.39, 0.29) is 12.1 Å². The highest BCUT2D eigenvalue weighted by Gasteiger charge is 2.11. The van der Waals surface area contributed by atoms with Gasteiger partial charge in [-0.05, 0) is 25.0 Å². The molecule has 0 saturated carbocycles. The second-order valence-corrected chi connectivity index (χ2v) is 5.02. The molecule has 0 radical (unpaired) electrons. The average Bonchev–Trinajstić information content (AvgIpc) is 2.61. The number of ketones is 1. The summed E-state index contributed by atoms with van der Waals surface area (Å²) >= 11 is 0. The van der Waals surface area contributed by atoms with Crippen molar-refractivity contribution in [2.24, 2.45) is 0 Å². The molecule has 1 N–H and O–H groups in total. The van der Waals surface area contributed by atoms with Crippen LogP contribution in [-0.2, 0) is 9.47 Å². The lowest BCUT2D eigenvalue weighted by atomic mass is 10.0. The summed E-state index contributed by atoms with van der Waals surface area (Å²) in [7, 11) is 3.21. The second-order valence-electron chi connectivity index (χ2n) is 5.02. The van der Waals surface area contributed by atoms with Crippen LogP contribution >= 0.6 is 0 Å². The third kappa shape index (κ3) is 6.32. The van der Waals surface area contributed by atoms with Crippen LogP contribution in [-0.4, -0.2) is 37.5 Å². The normalized spacial score (nSPS) is 11.6. The van der Waals surface area contributed by atoms with E-state index in [0.29, 0.717) is 5.56 Å². The SMILES string of the molecule is CC(O)C(=O)c1ccc(-c2ccccc2)cc1.COC(C)OC. The van der Waals surface area contributed by atoms with Gasteiger partial charge in [-0.25, -0.2) is 0 Å². The third-order valence-corrected chi connectivity index (χ3v) is 3.32. The first-order valence-electron chi connectivity index (χ1n) is 7.43. The van der Waals surface area contributed by atoms with Gasteiger partial charge in [-0.1, -0.05) is 54.6 Å². The summed E-state index contributed by atoms with van der Waals surface area (Å²) in [5.41, 5.74) is 2.72. The fourth-order valence-electron chi connectivity index (χ4n) is 1.79. The van der Waals surface area contributed by atoms with Crippen LogP contribution in [0.4, 0.5) is 0 Å². The molecule has 0 aromatic heterocycles. The lowest BCUT2D eigenvalue weighted by Crippen LogP contribution is -2.15. The molecule has 0 aliphatic heterocycles. The Morgan fingerprint density at radius 3 is 1.74 bits per heavy atom. The Hall–Kier alpha value is -2.01. The summed E-state index contributed by atoms with van der Waals surface area (Å²) in [6.45, 7) is 3.31. The maximum Gasteiger partial charge on any atom is 0.190 e. The number of benzene rings is 2. The maximum absolute atomic E-state index is 11.5. The molecule has 0 amide bonds. The zero-order valence-electron chi connectivity index (χ0n) is 14.0. The van der Waals surface area contributed by atoms with Crippen molar-refractivity contribution in [1.29, 1.82) is 0 Å². The molecule has 2 aromatic rings. The van der Waals surface area contributed by atoms with Crippen LogP contribution in [0, 0.1) is 0 Å². The molecule has 0 spiro atoms. The van der Waals surface area contributed by atoms with Gasteiger partial charge in [-0.15, -0.1) is 0 Å². The standard InChI is InChI=1S/C15H14O2.C4H10O2/c1-11(16)15(17)14-9-7-13(8-10-14)12-5-3-2-4-6-12;1-4(5-2)6-3/h2-11,16H,1H3;4H,1-3H3. The van der Waals surface area contributed by atoms with E-state index in [1.165, 1.54) is 6.92 Å². The molecular formula is C19H24O4. The summed E-state index contributed by atoms with van der Waals surface area (Å²) in [6.07, 6.45) is -1.01. The molecule has 2 rings (SSSR count). The average molecular weight is 316 g/mol. The summed E-state index contributed by atoms with van der Waals surface area (Å²) in [6, 6.07) is 17.2. The number of carbonyl (C=O) groups excluding carboxylic acids is 1. The van der Waals surface area contributed by atoms with Crippen molar-refractivity contribution in [3.8, 4) is 11.1 Å². The number of hydrogen-bond donors (Lipinski definition) is 1. The van der Waals surface area contributed by atoms with Crippen LogP contribution in [0.3, 0.4) is 0 Å². The summed E-state index contributed by atoms with van der Waals surface area (Å²) < 4.78 is 9.35. The molecule has 1 atom stereocenters. The zero-order chi connectivity index (χ0) is 17.2. The minimum absolute atomic E-state index is 0.0648. The van der Waals surface area contributed by atoms with E-state index >= 15 is 0 Å². The predicted molar refractivity (Wildman–Crippen MR) is 91.4 cm³/mol. The Bertz CT molecular complexity index is 572. The van der Waals surface area contributed by atoms with Crippen molar-refractivity contribution >= 4 is 5.78 Å². The Labute approximate surface area is 137 Å². The fraction of sp³-hybridized carbons (Fsp3) is 0.316. The Morgan fingerprint density at radius 1 is 0.870 bits per heavy atom. The first-order chi connectivity index (χ1) is 11.0. The van der Waals surface area contributed by atoms with Crippen molar-refractivity contribution in [3.63, 3.8) is 0 Å². The van der Waals surface area contributed by atoms with Crippen molar-refractivity contribution in [1.82, 2.24) is 0 Å². The minimum atomic E-state index is -0.947. The van der Waals surface area contributed by atoms with Crippen LogP contribution in [0.2, 0.25) is 0 Å². The van der Waals surface area contributed by atoms with Gasteiger partial charge < -0.3 is 14.6 Å². The molecule has 1 unspecified atom stereocenters. The van der Waals surface area contributed by atoms with Crippen LogP contribution < -0.4 is 0 Å². The number of carbonyl (C=O) groups is 1. The van der Waals surface area contributed by atoms with Gasteiger partial charge in [0.05, 0.1) is 0 Å². The molecule has 4 heteroatoms. The molecule has 0 bridgehead atoms. The smallest absolute Gasteiger partial charge is 0.190 e. The topological polar surface area (TPSA) is 55.8 Å². The van der Waals surface area contributed by atoms with Gasteiger partial charge in [0.2, 0.25) is 0 Å². The lowest BCUT2D eigenvalue weighted by molar-refractivity contribution is -0.0877. The van der Waals surface area contributed by atoms with Crippen LogP contribution in [0.5, 0.6) is 0 Å². The molecule has 23 heavy (non-hydrogen) atoms. The summed E-state index contributed by atoms with van der Waals surface area (Å²) in [5.74, 6) is -0.246. The predicted octanol–water partition coefficient (Wildman–Crippen LogP) is 3.54. The lowest BCUT2D eigenvalue weighted by Gasteiger charge is -2.05. The molecule has 0 saturated heterocycles. The highest BCUT2D eigenvalue weighted by molar-refractivity contribution is 5.99. The molecule has 2 aromatic carbocycles. The van der Waals surface area contributed by atoms with E-state index < -0.39 is 6.10 Å². The molecule has 0 aliphatic carbocycles. The first-order valence-corrected chi connectivity index (χ1v) is 7.43. The number of hydrogen-bond acceptors (Lipinski definition) is 4. The monoisotopic (exact) mass is 316 g/mol. The Balaban J connectivity index is 0.000000379. The Kier molecular flexibility index (Phi) is 8.19. The van der Waals surface area contributed by atoms with E-state index in [9.17, 15) is 9.90 Å². The second kappa shape index (κ2) is 9.90. The zero-order valence-corrected chi connectivity index (χ0v) is 14.0. The van der Waals surface area contributed by atoms with E-state index in [1.807, 2.05) is 49.4 Å². The Morgan fingerprint density at radius 2 is 1.35 bits per heavy atom. The van der Waals surface area contributed by atoms with Gasteiger partial charge in [-0.3, -0.25) is 4.79 Å². The summed E-state index contributed by atoms with van der Waals surface area (Å²) in [4.78, 5) is 11.5. The van der Waals surface area contributed by atoms with Crippen molar-refractivity contribution in [2.45, 2.75) is 26.2 Å². The number of ether oxygens (including phenoxy) is 2. The van der Waals surface area contributed by atoms with E-state index in [4.69, 9.17) is 0 Å². The number of rotatable bonds is 5. The summed E-state index contributed by atoms with van der Waals surface area (Å²) in [5, 5.41) is 9.21. The van der Waals surface area contributed by atoms with Gasteiger partial charge in [0.15, 0.2) is 12.1 Å². The number of aliphatic hydroxyl groups is 1. The molecule has 0 fully saturated rings. The number of methoxy groups -OCH3 is 2. The minimum Gasteiger partial charge on any atom is -0.385 e. The molecule has 0 aliphatic rings. The molecule has 0 heterocycles. The van der Waals surface area contributed by atoms with Gasteiger partial charge in [0.1, 0.15) is 6.10 Å². The highest BCUT2D eigenvalue weighted by atomic mass is 16.7. The molecular weight excluding hydrogens is 292 g/mol. The number of Topliss-reactive ketones (excluding diaryl/α,β-unsaturated/α-hetero) is 1. The fourth-order valence-corrected chi connectivity index (χ4v) is 1.79. The van der Waals surface area contributed by atoms with Crippen molar-refractivity contribution < 1.29 is 19.4 Å². The van der Waals surface area contributed by atoms with Gasteiger partial charge in [0.25, 0.3) is 0 Å². The van der Waals surface area contributed by atoms with Crippen LogP contribution in [0.25, 0.3) is 11.1 Å². The quantitative estimate of drug-likeness (QED) is 0.677. The van der Waals surface area contributed by atoms with Gasteiger partial charge in [-0.2, -0.15) is 0 Å². The maximum atomic E-state index is 11.5. The largest absolute Gasteiger partial charge is 0.385 e. The van der Waals surface area contributed by atoms with Crippen LogP contribution in [0.15, 0.2) is 54.6 Å². The van der Waals surface area contributed by atoms with E-state index in [1.54, 1.807) is 26.4 Å². The molecule has 4 nitrogen and oxygen atoms in total.